The quantitative estimate of drug-likeness (QED) is 0.137. The van der Waals surface area contributed by atoms with Gasteiger partial charge in [0.15, 0.2) is 5.69 Å². The van der Waals surface area contributed by atoms with Crippen molar-refractivity contribution in [2.75, 3.05) is 21.3 Å². The first-order valence-corrected chi connectivity index (χ1v) is 11.3. The summed E-state index contributed by atoms with van der Waals surface area (Å²) in [7, 11) is 3.50. The van der Waals surface area contributed by atoms with Crippen molar-refractivity contribution >= 4 is 23.6 Å². The van der Waals surface area contributed by atoms with Gasteiger partial charge in [-0.2, -0.15) is 5.10 Å². The summed E-state index contributed by atoms with van der Waals surface area (Å²) in [6.45, 7) is 0. The van der Waals surface area contributed by atoms with Crippen molar-refractivity contribution < 1.29 is 38.3 Å². The molecule has 39 heavy (non-hydrogen) atoms. The predicted octanol–water partition coefficient (Wildman–Crippen LogP) is 4.60. The number of esters is 3. The van der Waals surface area contributed by atoms with E-state index in [2.05, 4.69) is 5.10 Å². The lowest BCUT2D eigenvalue weighted by Crippen LogP contribution is -2.15. The van der Waals surface area contributed by atoms with Crippen LogP contribution in [0, 0.1) is 10.1 Å². The summed E-state index contributed by atoms with van der Waals surface area (Å²) in [4.78, 5) is 48.5. The second-order valence-corrected chi connectivity index (χ2v) is 7.86. The van der Waals surface area contributed by atoms with Crippen molar-refractivity contribution in [1.29, 1.82) is 0 Å². The summed E-state index contributed by atoms with van der Waals surface area (Å²) in [6, 6.07) is 18.5. The van der Waals surface area contributed by atoms with Gasteiger partial charge in [0.1, 0.15) is 28.3 Å². The van der Waals surface area contributed by atoms with Crippen LogP contribution in [0.25, 0.3) is 16.9 Å². The summed E-state index contributed by atoms with van der Waals surface area (Å²) in [5, 5.41) is 15.7. The van der Waals surface area contributed by atoms with Gasteiger partial charge in [0.25, 0.3) is 5.69 Å². The van der Waals surface area contributed by atoms with Crippen molar-refractivity contribution in [2.45, 2.75) is 0 Å². The third kappa shape index (κ3) is 5.30. The monoisotopic (exact) mass is 531 g/mol. The van der Waals surface area contributed by atoms with E-state index < -0.39 is 22.8 Å². The molecular weight excluding hydrogens is 510 g/mol. The zero-order valence-corrected chi connectivity index (χ0v) is 20.9. The van der Waals surface area contributed by atoms with Crippen LogP contribution < -0.4 is 4.74 Å². The average molecular weight is 531 g/mol. The first kappa shape index (κ1) is 26.5. The Morgan fingerprint density at radius 2 is 1.51 bits per heavy atom. The lowest BCUT2D eigenvalue weighted by molar-refractivity contribution is -0.384. The van der Waals surface area contributed by atoms with Crippen molar-refractivity contribution in [3.8, 4) is 28.4 Å². The molecule has 0 amide bonds. The molecule has 0 saturated carbocycles. The van der Waals surface area contributed by atoms with E-state index in [0.717, 1.165) is 13.2 Å². The highest BCUT2D eigenvalue weighted by atomic mass is 16.6. The maximum Gasteiger partial charge on any atom is 0.357 e. The molecule has 0 saturated heterocycles. The first-order chi connectivity index (χ1) is 18.8. The van der Waals surface area contributed by atoms with Gasteiger partial charge in [-0.05, 0) is 30.3 Å². The minimum atomic E-state index is -0.831. The number of benzene rings is 3. The number of nitro benzene ring substituents is 1. The molecule has 0 radical (unpaired) electrons. The zero-order valence-electron chi connectivity index (χ0n) is 20.9. The van der Waals surface area contributed by atoms with E-state index in [1.807, 2.05) is 0 Å². The molecule has 0 aliphatic heterocycles. The van der Waals surface area contributed by atoms with Crippen LogP contribution in [0.4, 0.5) is 5.69 Å². The fraction of sp³-hybridized carbons (Fsp3) is 0.111. The maximum atomic E-state index is 12.9. The van der Waals surface area contributed by atoms with Crippen molar-refractivity contribution in [1.82, 2.24) is 9.78 Å². The van der Waals surface area contributed by atoms with Crippen LogP contribution in [0.15, 0.2) is 72.8 Å². The van der Waals surface area contributed by atoms with Gasteiger partial charge in [0.2, 0.25) is 0 Å². The highest BCUT2D eigenvalue weighted by Crippen LogP contribution is 2.34. The Balaban J connectivity index is 1.85. The predicted molar refractivity (Wildman–Crippen MR) is 136 cm³/mol. The minimum absolute atomic E-state index is 0.00264. The zero-order chi connectivity index (χ0) is 28.1. The molecule has 0 aliphatic rings. The van der Waals surface area contributed by atoms with E-state index in [-0.39, 0.29) is 39.7 Å². The lowest BCUT2D eigenvalue weighted by Gasteiger charge is -2.11. The molecule has 198 valence electrons. The van der Waals surface area contributed by atoms with E-state index in [4.69, 9.17) is 18.9 Å². The number of rotatable bonds is 8. The molecule has 0 spiro atoms. The van der Waals surface area contributed by atoms with Crippen LogP contribution in [-0.2, 0) is 14.2 Å². The lowest BCUT2D eigenvalue weighted by atomic mass is 10.1. The number of methoxy groups -OCH3 is 3. The van der Waals surface area contributed by atoms with E-state index in [1.165, 1.54) is 37.1 Å². The number of ether oxygens (including phenoxy) is 4. The summed E-state index contributed by atoms with van der Waals surface area (Å²) in [5.41, 5.74) is 0.226. The molecule has 0 unspecified atom stereocenters. The van der Waals surface area contributed by atoms with Gasteiger partial charge in [-0.15, -0.1) is 0 Å². The van der Waals surface area contributed by atoms with Gasteiger partial charge in [0, 0.05) is 17.7 Å². The Morgan fingerprint density at radius 3 is 2.15 bits per heavy atom. The molecule has 4 aromatic rings. The third-order valence-corrected chi connectivity index (χ3v) is 5.57. The molecule has 0 aliphatic carbocycles. The second-order valence-electron chi connectivity index (χ2n) is 7.86. The van der Waals surface area contributed by atoms with Gasteiger partial charge < -0.3 is 18.9 Å². The highest BCUT2D eigenvalue weighted by Gasteiger charge is 2.31. The normalized spacial score (nSPS) is 10.4. The Morgan fingerprint density at radius 1 is 0.821 bits per heavy atom. The van der Waals surface area contributed by atoms with Crippen LogP contribution in [0.1, 0.15) is 31.2 Å². The summed E-state index contributed by atoms with van der Waals surface area (Å²) < 4.78 is 21.8. The van der Waals surface area contributed by atoms with Gasteiger partial charge in [-0.25, -0.2) is 19.1 Å². The average Bonchev–Trinajstić information content (AvgIpc) is 3.37. The Labute approximate surface area is 221 Å². The summed E-state index contributed by atoms with van der Waals surface area (Å²) in [5.74, 6) is -2.25. The number of hydrogen-bond donors (Lipinski definition) is 0. The number of aromatic nitrogens is 2. The number of nitrogens with zero attached hydrogens (tertiary/aromatic N) is 3. The van der Waals surface area contributed by atoms with Crippen molar-refractivity contribution in [2.24, 2.45) is 0 Å². The van der Waals surface area contributed by atoms with Crippen LogP contribution in [-0.4, -0.2) is 53.9 Å². The largest absolute Gasteiger partial charge is 0.465 e. The smallest absolute Gasteiger partial charge is 0.357 e. The maximum absolute atomic E-state index is 12.9. The highest BCUT2D eigenvalue weighted by molar-refractivity contribution is 6.07. The molecule has 0 N–H and O–H groups in total. The standard InChI is InChI=1S/C27H21N3O9/c1-36-25(31)20-15-18(30(34)35)12-13-21(20)39-19-11-7-8-16(14-19)23-22(26(32)37-2)24(27(33)38-3)29(28-23)17-9-5-4-6-10-17/h4-15H,1-3H3. The number of hydrogen-bond acceptors (Lipinski definition) is 10. The van der Waals surface area contributed by atoms with E-state index in [0.29, 0.717) is 11.3 Å². The van der Waals surface area contributed by atoms with Gasteiger partial charge in [-0.1, -0.05) is 30.3 Å². The molecule has 0 bridgehead atoms. The van der Waals surface area contributed by atoms with E-state index in [1.54, 1.807) is 48.5 Å². The summed E-state index contributed by atoms with van der Waals surface area (Å²) in [6.07, 6.45) is 0. The SMILES string of the molecule is COC(=O)c1cc([N+](=O)[O-])ccc1Oc1cccc(-c2nn(-c3ccccc3)c(C(=O)OC)c2C(=O)OC)c1. The van der Waals surface area contributed by atoms with Gasteiger partial charge >= 0.3 is 17.9 Å². The van der Waals surface area contributed by atoms with Crippen LogP contribution >= 0.6 is 0 Å². The number of carbonyl (C=O) groups is 3. The van der Waals surface area contributed by atoms with E-state index >= 15 is 0 Å². The number of non-ortho nitro benzene ring substituents is 1. The molecule has 1 aromatic heterocycles. The molecule has 12 nitrogen and oxygen atoms in total. The van der Waals surface area contributed by atoms with Crippen molar-refractivity contribution in [3.63, 3.8) is 0 Å². The van der Waals surface area contributed by atoms with Crippen molar-refractivity contribution in [3.05, 3.63) is 99.7 Å². The fourth-order valence-electron chi connectivity index (χ4n) is 3.78. The Bertz CT molecular complexity index is 1580. The van der Waals surface area contributed by atoms with E-state index in [9.17, 15) is 24.5 Å². The topological polar surface area (TPSA) is 149 Å². The third-order valence-electron chi connectivity index (χ3n) is 5.57. The number of carbonyl (C=O) groups excluding carboxylic acids is 3. The molecular formula is C27H21N3O9. The molecule has 0 atom stereocenters. The Hall–Kier alpha value is -5.52. The van der Waals surface area contributed by atoms with Crippen LogP contribution in [0.5, 0.6) is 11.5 Å². The molecule has 3 aromatic carbocycles. The minimum Gasteiger partial charge on any atom is -0.465 e. The molecule has 1 heterocycles. The fourth-order valence-corrected chi connectivity index (χ4v) is 3.78. The summed E-state index contributed by atoms with van der Waals surface area (Å²) >= 11 is 0. The molecule has 0 fully saturated rings. The van der Waals surface area contributed by atoms with Gasteiger partial charge in [0.05, 0.1) is 31.9 Å². The number of para-hydroxylation sites is 1. The molecule has 12 heteroatoms. The van der Waals surface area contributed by atoms with Crippen LogP contribution in [0.2, 0.25) is 0 Å². The second kappa shape index (κ2) is 11.3. The number of nitro groups is 1. The Kier molecular flexibility index (Phi) is 7.66. The van der Waals surface area contributed by atoms with Crippen LogP contribution in [0.3, 0.4) is 0 Å². The molecule has 4 rings (SSSR count). The van der Waals surface area contributed by atoms with Gasteiger partial charge in [-0.3, -0.25) is 10.1 Å². The first-order valence-electron chi connectivity index (χ1n) is 11.3.